The Labute approximate surface area is 165 Å². The number of nitrogens with one attached hydrogen (secondary N) is 1. The molecule has 0 fully saturated rings. The first kappa shape index (κ1) is 19.7. The van der Waals surface area contributed by atoms with Crippen molar-refractivity contribution in [1.29, 1.82) is 0 Å². The Morgan fingerprint density at radius 3 is 2.44 bits per heavy atom. The average molecular weight is 427 g/mol. The quantitative estimate of drug-likeness (QED) is 0.397. The van der Waals surface area contributed by atoms with Crippen molar-refractivity contribution in [2.24, 2.45) is 0 Å². The van der Waals surface area contributed by atoms with Gasteiger partial charge in [-0.3, -0.25) is 10.1 Å². The van der Waals surface area contributed by atoms with Crippen LogP contribution in [0.5, 0.6) is 0 Å². The summed E-state index contributed by atoms with van der Waals surface area (Å²) >= 11 is 3.07. The molecule has 0 spiro atoms. The van der Waals surface area contributed by atoms with Crippen LogP contribution in [0.4, 0.5) is 18.3 Å². The molecule has 0 atom stereocenters. The number of benzene rings is 2. The molecular formula is C17H12F3N3OS3. The summed E-state index contributed by atoms with van der Waals surface area (Å²) in [6.45, 7) is 0. The lowest BCUT2D eigenvalue weighted by Crippen LogP contribution is -2.11. The molecule has 0 aliphatic heterocycles. The van der Waals surface area contributed by atoms with Crippen LogP contribution in [-0.2, 0) is 5.75 Å². The Morgan fingerprint density at radius 2 is 1.78 bits per heavy atom. The number of alkyl halides is 2. The molecule has 0 saturated heterocycles. The molecule has 0 aliphatic carbocycles. The molecule has 3 rings (SSSR count). The topological polar surface area (TPSA) is 54.9 Å². The molecule has 3 aromatic rings. The Bertz CT molecular complexity index is 902. The molecule has 0 aliphatic rings. The van der Waals surface area contributed by atoms with Crippen LogP contribution in [0.2, 0.25) is 0 Å². The van der Waals surface area contributed by atoms with Crippen molar-refractivity contribution in [3.05, 3.63) is 65.5 Å². The first-order valence-corrected chi connectivity index (χ1v) is 10.2. The van der Waals surface area contributed by atoms with Crippen LogP contribution < -0.4 is 5.32 Å². The van der Waals surface area contributed by atoms with Crippen molar-refractivity contribution in [1.82, 2.24) is 10.2 Å². The van der Waals surface area contributed by atoms with E-state index in [2.05, 4.69) is 15.5 Å². The van der Waals surface area contributed by atoms with Crippen molar-refractivity contribution in [3.8, 4) is 0 Å². The zero-order valence-electron chi connectivity index (χ0n) is 13.6. The number of anilines is 1. The van der Waals surface area contributed by atoms with Crippen LogP contribution in [0.3, 0.4) is 0 Å². The van der Waals surface area contributed by atoms with Gasteiger partial charge in [-0.05, 0) is 42.0 Å². The summed E-state index contributed by atoms with van der Waals surface area (Å²) in [6.07, 6.45) is 0. The molecular weight excluding hydrogens is 415 g/mol. The summed E-state index contributed by atoms with van der Waals surface area (Å²) in [7, 11) is 0. The van der Waals surface area contributed by atoms with Gasteiger partial charge in [0.1, 0.15) is 5.82 Å². The Hall–Kier alpha value is -2.04. The summed E-state index contributed by atoms with van der Waals surface area (Å²) in [5.41, 5.74) is 1.29. The molecule has 1 aromatic heterocycles. The summed E-state index contributed by atoms with van der Waals surface area (Å²) in [6, 6.07) is 12.1. The second kappa shape index (κ2) is 9.25. The first-order valence-electron chi connectivity index (χ1n) is 7.56. The monoisotopic (exact) mass is 427 g/mol. The van der Waals surface area contributed by atoms with Crippen molar-refractivity contribution in [2.45, 2.75) is 20.7 Å². The summed E-state index contributed by atoms with van der Waals surface area (Å²) < 4.78 is 38.2. The molecule has 27 heavy (non-hydrogen) atoms. The second-order valence-corrected chi connectivity index (χ2v) is 8.41. The van der Waals surface area contributed by atoms with E-state index in [1.54, 1.807) is 12.1 Å². The molecule has 0 unspecified atom stereocenters. The predicted octanol–water partition coefficient (Wildman–Crippen LogP) is 5.54. The zero-order chi connectivity index (χ0) is 19.2. The summed E-state index contributed by atoms with van der Waals surface area (Å²) in [5, 5.41) is 10.9. The van der Waals surface area contributed by atoms with Gasteiger partial charge >= 0.3 is 0 Å². The highest BCUT2D eigenvalue weighted by Crippen LogP contribution is 2.29. The van der Waals surface area contributed by atoms with E-state index in [4.69, 9.17) is 0 Å². The molecule has 1 heterocycles. The van der Waals surface area contributed by atoms with Crippen LogP contribution in [0.1, 0.15) is 15.9 Å². The van der Waals surface area contributed by atoms with E-state index in [1.807, 2.05) is 0 Å². The van der Waals surface area contributed by atoms with E-state index >= 15 is 0 Å². The third kappa shape index (κ3) is 5.98. The third-order valence-corrected chi connectivity index (χ3v) is 6.01. The maximum atomic E-state index is 12.9. The minimum absolute atomic E-state index is 0.287. The maximum absolute atomic E-state index is 12.9. The van der Waals surface area contributed by atoms with Crippen molar-refractivity contribution in [2.75, 3.05) is 5.32 Å². The number of hydrogen-bond acceptors (Lipinski definition) is 6. The first-order chi connectivity index (χ1) is 13.0. The number of rotatable bonds is 7. The van der Waals surface area contributed by atoms with Gasteiger partial charge in [0.2, 0.25) is 5.13 Å². The second-order valence-electron chi connectivity index (χ2n) is 5.15. The van der Waals surface area contributed by atoms with Crippen LogP contribution in [-0.4, -0.2) is 21.9 Å². The fourth-order valence-electron chi connectivity index (χ4n) is 2.00. The van der Waals surface area contributed by atoms with E-state index in [0.29, 0.717) is 37.4 Å². The number of amides is 1. The van der Waals surface area contributed by atoms with Gasteiger partial charge in [0.25, 0.3) is 11.7 Å². The highest BCUT2D eigenvalue weighted by Gasteiger charge is 2.12. The van der Waals surface area contributed by atoms with E-state index in [0.717, 1.165) is 5.56 Å². The van der Waals surface area contributed by atoms with Gasteiger partial charge in [0, 0.05) is 16.2 Å². The molecule has 0 radical (unpaired) electrons. The SMILES string of the molecule is O=C(Nc1nnc(SCc2ccc(F)cc2)s1)c1ccc(SC(F)F)cc1. The molecule has 1 amide bonds. The molecule has 140 valence electrons. The maximum Gasteiger partial charge on any atom is 0.288 e. The smallest absolute Gasteiger partial charge is 0.288 e. The van der Waals surface area contributed by atoms with Crippen LogP contribution in [0, 0.1) is 5.82 Å². The standard InChI is InChI=1S/C17H12F3N3OS3/c18-12-5-1-10(2-6-12)9-25-17-23-22-16(27-17)21-14(24)11-3-7-13(8-4-11)26-15(19)20/h1-8,15H,9H2,(H,21,22,24). The highest BCUT2D eigenvalue weighted by atomic mass is 32.2. The van der Waals surface area contributed by atoms with Crippen molar-refractivity contribution < 1.29 is 18.0 Å². The van der Waals surface area contributed by atoms with Gasteiger partial charge in [0.05, 0.1) is 0 Å². The number of carbonyl (C=O) groups excluding carboxylic acids is 1. The lowest BCUT2D eigenvalue weighted by molar-refractivity contribution is 0.102. The van der Waals surface area contributed by atoms with E-state index in [-0.39, 0.29) is 5.82 Å². The number of hydrogen-bond donors (Lipinski definition) is 1. The van der Waals surface area contributed by atoms with Gasteiger partial charge in [-0.15, -0.1) is 10.2 Å². The summed E-state index contributed by atoms with van der Waals surface area (Å²) in [5.74, 6) is -2.58. The lowest BCUT2D eigenvalue weighted by atomic mass is 10.2. The predicted molar refractivity (Wildman–Crippen MR) is 102 cm³/mol. The van der Waals surface area contributed by atoms with Crippen molar-refractivity contribution in [3.63, 3.8) is 0 Å². The van der Waals surface area contributed by atoms with E-state index in [9.17, 15) is 18.0 Å². The fraction of sp³-hybridized carbons (Fsp3) is 0.118. The molecule has 0 saturated carbocycles. The lowest BCUT2D eigenvalue weighted by Gasteiger charge is -2.03. The highest BCUT2D eigenvalue weighted by molar-refractivity contribution is 8.00. The molecule has 2 aromatic carbocycles. The normalized spacial score (nSPS) is 11.0. The molecule has 10 heteroatoms. The Morgan fingerprint density at radius 1 is 1.07 bits per heavy atom. The average Bonchev–Trinajstić information content (AvgIpc) is 3.08. The van der Waals surface area contributed by atoms with E-state index < -0.39 is 11.7 Å². The van der Waals surface area contributed by atoms with Crippen LogP contribution in [0.15, 0.2) is 57.8 Å². The zero-order valence-corrected chi connectivity index (χ0v) is 16.0. The number of carbonyl (C=O) groups is 1. The molecule has 1 N–H and O–H groups in total. The Kier molecular flexibility index (Phi) is 6.75. The van der Waals surface area contributed by atoms with Crippen LogP contribution in [0.25, 0.3) is 0 Å². The summed E-state index contributed by atoms with van der Waals surface area (Å²) in [4.78, 5) is 12.6. The fourth-order valence-corrected chi connectivity index (χ4v) is 4.20. The minimum Gasteiger partial charge on any atom is -0.296 e. The van der Waals surface area contributed by atoms with E-state index in [1.165, 1.54) is 59.5 Å². The Balaban J connectivity index is 1.55. The number of aromatic nitrogens is 2. The molecule has 4 nitrogen and oxygen atoms in total. The number of thioether (sulfide) groups is 2. The van der Waals surface area contributed by atoms with Crippen LogP contribution >= 0.6 is 34.9 Å². The van der Waals surface area contributed by atoms with Crippen molar-refractivity contribution >= 4 is 45.9 Å². The van der Waals surface area contributed by atoms with Gasteiger partial charge in [-0.2, -0.15) is 8.78 Å². The number of nitrogens with zero attached hydrogens (tertiary/aromatic N) is 2. The number of halogens is 3. The van der Waals surface area contributed by atoms with Gasteiger partial charge in [0.15, 0.2) is 4.34 Å². The van der Waals surface area contributed by atoms with Gasteiger partial charge < -0.3 is 0 Å². The minimum atomic E-state index is -2.50. The van der Waals surface area contributed by atoms with Gasteiger partial charge in [-0.1, -0.05) is 47.0 Å². The molecule has 0 bridgehead atoms. The largest absolute Gasteiger partial charge is 0.296 e. The van der Waals surface area contributed by atoms with Gasteiger partial charge in [-0.25, -0.2) is 4.39 Å². The third-order valence-electron chi connectivity index (χ3n) is 3.24.